The Labute approximate surface area is 193 Å². The Balaban J connectivity index is 2.79. The Hall–Kier alpha value is -0.280. The van der Waals surface area contributed by atoms with Gasteiger partial charge in [-0.15, -0.1) is 0 Å². The number of rotatable bonds is 17. The van der Waals surface area contributed by atoms with Gasteiger partial charge in [-0.3, -0.25) is 0 Å². The first-order valence-electron chi connectivity index (χ1n) is 12.1. The van der Waals surface area contributed by atoms with Gasteiger partial charge in [-0.05, 0) is 0 Å². The van der Waals surface area contributed by atoms with Gasteiger partial charge in [0.15, 0.2) is 0 Å². The van der Waals surface area contributed by atoms with Gasteiger partial charge in [0.2, 0.25) is 0 Å². The van der Waals surface area contributed by atoms with Crippen LogP contribution in [0.25, 0.3) is 0 Å². The van der Waals surface area contributed by atoms with Gasteiger partial charge < -0.3 is 0 Å². The fourth-order valence-corrected chi connectivity index (χ4v) is 13.0. The predicted octanol–water partition coefficient (Wildman–Crippen LogP) is 7.98. The number of halogens is 1. The maximum absolute atomic E-state index is 12.0. The Morgan fingerprint density at radius 3 is 1.80 bits per heavy atom. The van der Waals surface area contributed by atoms with Crippen molar-refractivity contribution in [1.82, 2.24) is 0 Å². The summed E-state index contributed by atoms with van der Waals surface area (Å²) in [6, 6.07) is 0. The molecule has 30 heavy (non-hydrogen) atoms. The van der Waals surface area contributed by atoms with Gasteiger partial charge in [-0.2, -0.15) is 0 Å². The monoisotopic (exact) mass is 508 g/mol. The van der Waals surface area contributed by atoms with Crippen LogP contribution in [0.15, 0.2) is 12.5 Å². The summed E-state index contributed by atoms with van der Waals surface area (Å²) in [7, 11) is 0. The van der Waals surface area contributed by atoms with E-state index >= 15 is 0 Å². The Morgan fingerprint density at radius 2 is 1.37 bits per heavy atom. The van der Waals surface area contributed by atoms with Crippen molar-refractivity contribution in [2.45, 2.75) is 111 Å². The number of ether oxygens (including phenoxy) is 3. The van der Waals surface area contributed by atoms with Crippen molar-refractivity contribution in [3.8, 4) is 0 Å². The van der Waals surface area contributed by atoms with Crippen LogP contribution in [0.1, 0.15) is 98.8 Å². The van der Waals surface area contributed by atoms with Crippen LogP contribution in [0.5, 0.6) is 0 Å². The molecule has 1 heterocycles. The molecule has 0 bridgehead atoms. The second-order valence-electron chi connectivity index (χ2n) is 9.34. The van der Waals surface area contributed by atoms with Crippen molar-refractivity contribution < 1.29 is 19.0 Å². The summed E-state index contributed by atoms with van der Waals surface area (Å²) in [5, 5.41) is -1.93. The molecule has 0 fully saturated rings. The van der Waals surface area contributed by atoms with Crippen LogP contribution >= 0.6 is 20.8 Å². The molecule has 0 saturated heterocycles. The number of hydrogen-bond donors (Lipinski definition) is 0. The van der Waals surface area contributed by atoms with E-state index in [1.807, 2.05) is 13.8 Å². The topological polar surface area (TPSA) is 44.8 Å². The van der Waals surface area contributed by atoms with Crippen LogP contribution in [-0.2, 0) is 19.0 Å². The third-order valence-electron chi connectivity index (χ3n) is 6.18. The first kappa shape index (κ1) is 27.8. The molecular formula is C24H46BrO4P. The zero-order valence-corrected chi connectivity index (χ0v) is 22.6. The van der Waals surface area contributed by atoms with Crippen LogP contribution in [0, 0.1) is 0 Å². The van der Waals surface area contributed by atoms with E-state index in [9.17, 15) is 4.79 Å². The fraction of sp³-hybridized carbons (Fsp3) is 0.875. The third-order valence-corrected chi connectivity index (χ3v) is 16.2. The SMILES string of the molecule is CCCCP(Br)(CCCC)(CCCC)CCCC1(CCC(=O)OC(C)C)OC=CO1. The first-order chi connectivity index (χ1) is 14.2. The molecule has 0 radical (unpaired) electrons. The van der Waals surface area contributed by atoms with Crippen molar-refractivity contribution in [1.29, 1.82) is 0 Å². The summed E-state index contributed by atoms with van der Waals surface area (Å²) in [5.41, 5.74) is 0. The molecule has 0 saturated carbocycles. The van der Waals surface area contributed by atoms with E-state index in [2.05, 4.69) is 36.3 Å². The second kappa shape index (κ2) is 13.3. The minimum atomic E-state index is -1.93. The number of hydrogen-bond acceptors (Lipinski definition) is 4. The van der Waals surface area contributed by atoms with Crippen molar-refractivity contribution in [3.63, 3.8) is 0 Å². The molecule has 0 aromatic heterocycles. The van der Waals surface area contributed by atoms with Gasteiger partial charge in [0.05, 0.1) is 0 Å². The zero-order chi connectivity index (χ0) is 22.5. The van der Waals surface area contributed by atoms with E-state index < -0.39 is 11.1 Å². The first-order valence-corrected chi connectivity index (χ1v) is 17.1. The molecule has 0 amide bonds. The molecule has 0 spiro atoms. The van der Waals surface area contributed by atoms with Crippen molar-refractivity contribution in [2.24, 2.45) is 0 Å². The van der Waals surface area contributed by atoms with Crippen LogP contribution in [-0.4, -0.2) is 42.5 Å². The van der Waals surface area contributed by atoms with Crippen LogP contribution in [0.3, 0.4) is 0 Å². The summed E-state index contributed by atoms with van der Waals surface area (Å²) in [4.78, 5) is 12.0. The van der Waals surface area contributed by atoms with Gasteiger partial charge >= 0.3 is 194 Å². The molecule has 0 N–H and O–H groups in total. The van der Waals surface area contributed by atoms with E-state index in [1.165, 1.54) is 63.2 Å². The molecule has 1 aliphatic heterocycles. The molecule has 0 aromatic rings. The molecule has 0 atom stereocenters. The minimum absolute atomic E-state index is 0.0906. The fourth-order valence-electron chi connectivity index (χ4n) is 4.38. The van der Waals surface area contributed by atoms with Crippen LogP contribution < -0.4 is 0 Å². The molecule has 0 aromatic carbocycles. The Kier molecular flexibility index (Phi) is 12.3. The Morgan fingerprint density at radius 1 is 0.900 bits per heavy atom. The number of esters is 1. The van der Waals surface area contributed by atoms with Gasteiger partial charge in [-0.1, -0.05) is 0 Å². The van der Waals surface area contributed by atoms with Crippen molar-refractivity contribution in [2.75, 3.05) is 24.6 Å². The van der Waals surface area contributed by atoms with Crippen molar-refractivity contribution in [3.05, 3.63) is 12.5 Å². The van der Waals surface area contributed by atoms with Gasteiger partial charge in [0.25, 0.3) is 0 Å². The molecule has 0 aliphatic carbocycles. The number of carbonyl (C=O) groups is 1. The summed E-state index contributed by atoms with van der Waals surface area (Å²) >= 11 is 4.47. The number of unbranched alkanes of at least 4 members (excludes halogenated alkanes) is 3. The quantitative estimate of drug-likeness (QED) is 0.147. The molecule has 1 rings (SSSR count). The summed E-state index contributed by atoms with van der Waals surface area (Å²) < 4.78 is 17.0. The van der Waals surface area contributed by atoms with Crippen molar-refractivity contribution >= 4 is 26.8 Å². The van der Waals surface area contributed by atoms with E-state index in [-0.39, 0.29) is 12.1 Å². The van der Waals surface area contributed by atoms with E-state index in [1.54, 1.807) is 12.5 Å². The van der Waals surface area contributed by atoms with Gasteiger partial charge in [0, 0.05) is 0 Å². The van der Waals surface area contributed by atoms with E-state index in [0.717, 1.165) is 12.8 Å². The molecule has 0 unspecified atom stereocenters. The second-order valence-corrected chi connectivity index (χ2v) is 20.8. The van der Waals surface area contributed by atoms with Gasteiger partial charge in [0.1, 0.15) is 0 Å². The van der Waals surface area contributed by atoms with Gasteiger partial charge in [-0.25, -0.2) is 0 Å². The molecular weight excluding hydrogens is 463 g/mol. The van der Waals surface area contributed by atoms with E-state index in [4.69, 9.17) is 14.2 Å². The average Bonchev–Trinajstić information content (AvgIpc) is 3.17. The predicted molar refractivity (Wildman–Crippen MR) is 134 cm³/mol. The molecule has 178 valence electrons. The van der Waals surface area contributed by atoms with Crippen LogP contribution in [0.4, 0.5) is 0 Å². The zero-order valence-electron chi connectivity index (χ0n) is 20.1. The van der Waals surface area contributed by atoms with E-state index in [0.29, 0.717) is 12.8 Å². The third kappa shape index (κ3) is 9.47. The summed E-state index contributed by atoms with van der Waals surface area (Å²) in [6.07, 6.45) is 18.8. The summed E-state index contributed by atoms with van der Waals surface area (Å²) in [5.74, 6) is -0.893. The molecule has 6 heteroatoms. The normalized spacial score (nSPS) is 16.7. The summed E-state index contributed by atoms with van der Waals surface area (Å²) in [6.45, 7) is 10.6. The maximum atomic E-state index is 12.0. The standard InChI is InChI=1S/C24H46BrO4P/c1-6-9-18-30(25,19-10-7-2,20-11-8-3)21-12-14-24(27-16-17-28-24)15-13-23(26)29-22(4)5/h16-17,22H,6-15,18-21H2,1-5H3. The molecule has 1 aliphatic rings. The number of carbonyl (C=O) groups excluding carboxylic acids is 1. The van der Waals surface area contributed by atoms with Crippen LogP contribution in [0.2, 0.25) is 0 Å². The average molecular weight is 510 g/mol. The molecule has 4 nitrogen and oxygen atoms in total. The Bertz CT molecular complexity index is 503.